The van der Waals surface area contributed by atoms with E-state index in [-0.39, 0.29) is 0 Å². The molecule has 2 rings (SSSR count). The summed E-state index contributed by atoms with van der Waals surface area (Å²) in [6.45, 7) is 0.298. The average molecular weight is 221 g/mol. The highest BCUT2D eigenvalue weighted by molar-refractivity contribution is 7.98. The maximum atomic E-state index is 5.40. The molecule has 0 fully saturated rings. The Bertz CT molecular complexity index is 438. The first-order valence-corrected chi connectivity index (χ1v) is 5.73. The van der Waals surface area contributed by atoms with Gasteiger partial charge in [-0.15, -0.1) is 11.8 Å². The minimum Gasteiger partial charge on any atom is -0.334 e. The average Bonchev–Trinajstić information content (AvgIpc) is 2.78. The molecule has 0 radical (unpaired) electrons. The molecular formula is C10H11N3OS. The van der Waals surface area contributed by atoms with Gasteiger partial charge in [0.05, 0.1) is 6.54 Å². The number of aromatic nitrogens is 2. The summed E-state index contributed by atoms with van der Waals surface area (Å²) < 4.78 is 5.07. The van der Waals surface area contributed by atoms with Crippen LogP contribution in [0, 0.1) is 0 Å². The number of nitrogens with zero attached hydrogens (tertiary/aromatic N) is 2. The molecule has 78 valence electrons. The van der Waals surface area contributed by atoms with Gasteiger partial charge in [0.1, 0.15) is 0 Å². The van der Waals surface area contributed by atoms with E-state index in [9.17, 15) is 0 Å². The van der Waals surface area contributed by atoms with Crippen LogP contribution in [0.1, 0.15) is 5.82 Å². The predicted molar refractivity (Wildman–Crippen MR) is 59.4 cm³/mol. The molecule has 2 N–H and O–H groups in total. The first-order valence-electron chi connectivity index (χ1n) is 4.50. The molecule has 0 unspecified atom stereocenters. The molecular weight excluding hydrogens is 210 g/mol. The highest BCUT2D eigenvalue weighted by Crippen LogP contribution is 2.21. The van der Waals surface area contributed by atoms with Crippen molar-refractivity contribution in [3.05, 3.63) is 30.1 Å². The molecule has 0 aliphatic carbocycles. The molecule has 1 aromatic carbocycles. The smallest absolute Gasteiger partial charge is 0.257 e. The Hall–Kier alpha value is -1.33. The van der Waals surface area contributed by atoms with Crippen LogP contribution in [-0.2, 0) is 6.54 Å². The van der Waals surface area contributed by atoms with E-state index in [4.69, 9.17) is 10.3 Å². The van der Waals surface area contributed by atoms with Crippen LogP contribution in [-0.4, -0.2) is 16.4 Å². The Kier molecular flexibility index (Phi) is 3.03. The van der Waals surface area contributed by atoms with E-state index in [0.717, 1.165) is 5.56 Å². The van der Waals surface area contributed by atoms with Crippen LogP contribution >= 0.6 is 11.8 Å². The molecule has 2 aromatic rings. The van der Waals surface area contributed by atoms with Crippen molar-refractivity contribution in [3.63, 3.8) is 0 Å². The minimum atomic E-state index is 0.298. The maximum absolute atomic E-state index is 5.40. The zero-order valence-corrected chi connectivity index (χ0v) is 9.12. The second kappa shape index (κ2) is 4.46. The molecule has 0 aliphatic heterocycles. The summed E-state index contributed by atoms with van der Waals surface area (Å²) in [7, 11) is 0. The van der Waals surface area contributed by atoms with Crippen LogP contribution in [0.25, 0.3) is 11.5 Å². The molecule has 0 aliphatic rings. The maximum Gasteiger partial charge on any atom is 0.257 e. The molecule has 0 amide bonds. The number of nitrogens with two attached hydrogens (primary N) is 1. The van der Waals surface area contributed by atoms with Crippen molar-refractivity contribution in [1.29, 1.82) is 0 Å². The minimum absolute atomic E-state index is 0.298. The van der Waals surface area contributed by atoms with Gasteiger partial charge in [0.25, 0.3) is 5.89 Å². The van der Waals surface area contributed by atoms with Gasteiger partial charge in [-0.25, -0.2) is 0 Å². The fraction of sp³-hybridized carbons (Fsp3) is 0.200. The van der Waals surface area contributed by atoms with Crippen LogP contribution < -0.4 is 5.73 Å². The predicted octanol–water partition coefficient (Wildman–Crippen LogP) is 1.92. The molecule has 0 spiro atoms. The number of hydrogen-bond donors (Lipinski definition) is 1. The Balaban J connectivity index is 2.28. The lowest BCUT2D eigenvalue weighted by Gasteiger charge is -1.96. The third kappa shape index (κ3) is 2.19. The number of thioether (sulfide) groups is 1. The summed E-state index contributed by atoms with van der Waals surface area (Å²) in [5.74, 6) is 1.04. The Labute approximate surface area is 91.9 Å². The van der Waals surface area contributed by atoms with Crippen molar-refractivity contribution in [2.45, 2.75) is 11.4 Å². The summed E-state index contributed by atoms with van der Waals surface area (Å²) in [4.78, 5) is 5.35. The molecule has 15 heavy (non-hydrogen) atoms. The largest absolute Gasteiger partial charge is 0.334 e. The molecule has 1 aromatic heterocycles. The van der Waals surface area contributed by atoms with Gasteiger partial charge in [0, 0.05) is 10.5 Å². The number of benzene rings is 1. The van der Waals surface area contributed by atoms with Crippen molar-refractivity contribution >= 4 is 11.8 Å². The lowest BCUT2D eigenvalue weighted by Crippen LogP contribution is -1.97. The van der Waals surface area contributed by atoms with Gasteiger partial charge in [-0.1, -0.05) is 5.16 Å². The zero-order valence-electron chi connectivity index (χ0n) is 8.30. The van der Waals surface area contributed by atoms with Crippen molar-refractivity contribution in [2.24, 2.45) is 5.73 Å². The first-order chi connectivity index (χ1) is 7.33. The second-order valence-electron chi connectivity index (χ2n) is 2.95. The second-order valence-corrected chi connectivity index (χ2v) is 3.83. The van der Waals surface area contributed by atoms with Crippen molar-refractivity contribution in [1.82, 2.24) is 10.1 Å². The normalized spacial score (nSPS) is 10.5. The molecule has 0 saturated heterocycles. The molecule has 0 saturated carbocycles. The van der Waals surface area contributed by atoms with Gasteiger partial charge in [0.2, 0.25) is 0 Å². The van der Waals surface area contributed by atoms with Crippen LogP contribution in [0.4, 0.5) is 0 Å². The monoisotopic (exact) mass is 221 g/mol. The third-order valence-electron chi connectivity index (χ3n) is 1.99. The zero-order chi connectivity index (χ0) is 10.7. The molecule has 5 heteroatoms. The Morgan fingerprint density at radius 1 is 1.33 bits per heavy atom. The Morgan fingerprint density at radius 3 is 2.60 bits per heavy atom. The fourth-order valence-electron chi connectivity index (χ4n) is 1.19. The topological polar surface area (TPSA) is 64.9 Å². The summed E-state index contributed by atoms with van der Waals surface area (Å²) in [5.41, 5.74) is 6.32. The first kappa shape index (κ1) is 10.2. The SMILES string of the molecule is CSc1ccc(-c2nc(CN)no2)cc1. The quantitative estimate of drug-likeness (QED) is 0.802. The van der Waals surface area contributed by atoms with Gasteiger partial charge in [0.15, 0.2) is 5.82 Å². The molecule has 0 bridgehead atoms. The van der Waals surface area contributed by atoms with Crippen LogP contribution in [0.15, 0.2) is 33.7 Å². The van der Waals surface area contributed by atoms with Crippen molar-refractivity contribution in [2.75, 3.05) is 6.26 Å². The van der Waals surface area contributed by atoms with Gasteiger partial charge in [-0.05, 0) is 30.5 Å². The molecule has 1 heterocycles. The van der Waals surface area contributed by atoms with Crippen LogP contribution in [0.3, 0.4) is 0 Å². The van der Waals surface area contributed by atoms with Crippen molar-refractivity contribution < 1.29 is 4.52 Å². The fourth-order valence-corrected chi connectivity index (χ4v) is 1.60. The Morgan fingerprint density at radius 2 is 2.07 bits per heavy atom. The highest BCUT2D eigenvalue weighted by Gasteiger charge is 2.06. The van der Waals surface area contributed by atoms with Gasteiger partial charge >= 0.3 is 0 Å². The van der Waals surface area contributed by atoms with Gasteiger partial charge < -0.3 is 10.3 Å². The lowest BCUT2D eigenvalue weighted by molar-refractivity contribution is 0.423. The standard InChI is InChI=1S/C10H11N3OS/c1-15-8-4-2-7(3-5-8)10-12-9(6-11)13-14-10/h2-5H,6,11H2,1H3. The summed E-state index contributed by atoms with van der Waals surface area (Å²) in [6.07, 6.45) is 2.04. The van der Waals surface area contributed by atoms with E-state index in [0.29, 0.717) is 18.3 Å². The highest BCUT2D eigenvalue weighted by atomic mass is 32.2. The van der Waals surface area contributed by atoms with Crippen molar-refractivity contribution in [3.8, 4) is 11.5 Å². The van der Waals surface area contributed by atoms with Gasteiger partial charge in [-0.3, -0.25) is 0 Å². The van der Waals surface area contributed by atoms with E-state index in [1.165, 1.54) is 4.90 Å². The third-order valence-corrected chi connectivity index (χ3v) is 2.73. The van der Waals surface area contributed by atoms with Gasteiger partial charge in [-0.2, -0.15) is 4.98 Å². The number of rotatable bonds is 3. The van der Waals surface area contributed by atoms with E-state index >= 15 is 0 Å². The van der Waals surface area contributed by atoms with E-state index in [1.807, 2.05) is 30.5 Å². The van der Waals surface area contributed by atoms with E-state index in [2.05, 4.69) is 10.1 Å². The van der Waals surface area contributed by atoms with E-state index < -0.39 is 0 Å². The van der Waals surface area contributed by atoms with Crippen LogP contribution in [0.5, 0.6) is 0 Å². The van der Waals surface area contributed by atoms with E-state index in [1.54, 1.807) is 11.8 Å². The summed E-state index contributed by atoms with van der Waals surface area (Å²) in [5, 5.41) is 3.74. The van der Waals surface area contributed by atoms with Crippen LogP contribution in [0.2, 0.25) is 0 Å². The lowest BCUT2D eigenvalue weighted by atomic mass is 10.2. The molecule has 0 atom stereocenters. The molecule has 4 nitrogen and oxygen atoms in total. The summed E-state index contributed by atoms with van der Waals surface area (Å²) >= 11 is 1.70. The number of hydrogen-bond acceptors (Lipinski definition) is 5. The summed E-state index contributed by atoms with van der Waals surface area (Å²) in [6, 6.07) is 7.96.